The van der Waals surface area contributed by atoms with E-state index >= 15 is 0 Å². The van der Waals surface area contributed by atoms with E-state index in [-0.39, 0.29) is 17.0 Å². The SMILES string of the molecule is Cn1c(B2OC(C)(C)C(C)(C)O2)cc2cc(F)ccc21. The first-order valence-electron chi connectivity index (χ1n) is 6.82. The summed E-state index contributed by atoms with van der Waals surface area (Å²) in [6.07, 6.45) is 0. The number of hydrogen-bond acceptors (Lipinski definition) is 2. The van der Waals surface area contributed by atoms with Crippen LogP contribution in [0, 0.1) is 5.82 Å². The zero-order valence-corrected chi connectivity index (χ0v) is 12.5. The molecular weight excluding hydrogens is 256 g/mol. The van der Waals surface area contributed by atoms with Crippen molar-refractivity contribution in [3.63, 3.8) is 0 Å². The van der Waals surface area contributed by atoms with E-state index < -0.39 is 7.12 Å². The third-order valence-electron chi connectivity index (χ3n) is 4.54. The number of halogens is 1. The molecule has 0 bridgehead atoms. The van der Waals surface area contributed by atoms with Crippen molar-refractivity contribution in [2.24, 2.45) is 7.05 Å². The Kier molecular flexibility index (Phi) is 2.79. The lowest BCUT2D eigenvalue weighted by atomic mass is 9.84. The van der Waals surface area contributed by atoms with Crippen LogP contribution in [0.15, 0.2) is 24.3 Å². The van der Waals surface area contributed by atoms with E-state index in [2.05, 4.69) is 0 Å². The lowest BCUT2D eigenvalue weighted by Gasteiger charge is -2.32. The van der Waals surface area contributed by atoms with Gasteiger partial charge in [0.2, 0.25) is 0 Å². The summed E-state index contributed by atoms with van der Waals surface area (Å²) in [5.41, 5.74) is 1.12. The Morgan fingerprint density at radius 2 is 1.65 bits per heavy atom. The zero-order chi connectivity index (χ0) is 14.7. The van der Waals surface area contributed by atoms with E-state index in [0.717, 1.165) is 16.5 Å². The van der Waals surface area contributed by atoms with Gasteiger partial charge in [-0.15, -0.1) is 0 Å². The molecule has 0 amide bonds. The van der Waals surface area contributed by atoms with Crippen molar-refractivity contribution >= 4 is 23.6 Å². The van der Waals surface area contributed by atoms with Crippen molar-refractivity contribution in [1.29, 1.82) is 0 Å². The number of aromatic nitrogens is 1. The maximum Gasteiger partial charge on any atom is 0.512 e. The Labute approximate surface area is 118 Å². The highest BCUT2D eigenvalue weighted by Gasteiger charge is 2.52. The Hall–Kier alpha value is -1.33. The van der Waals surface area contributed by atoms with Gasteiger partial charge in [-0.05, 0) is 52.0 Å². The predicted molar refractivity (Wildman–Crippen MR) is 78.6 cm³/mol. The van der Waals surface area contributed by atoms with Gasteiger partial charge in [0.25, 0.3) is 0 Å². The van der Waals surface area contributed by atoms with E-state index in [1.54, 1.807) is 6.07 Å². The van der Waals surface area contributed by atoms with Gasteiger partial charge in [0.1, 0.15) is 5.82 Å². The molecule has 0 saturated carbocycles. The molecule has 0 radical (unpaired) electrons. The molecule has 5 heteroatoms. The summed E-state index contributed by atoms with van der Waals surface area (Å²) in [6, 6.07) is 6.71. The van der Waals surface area contributed by atoms with Crippen molar-refractivity contribution in [1.82, 2.24) is 4.57 Å². The summed E-state index contributed by atoms with van der Waals surface area (Å²) in [7, 11) is 1.51. The van der Waals surface area contributed by atoms with Gasteiger partial charge < -0.3 is 13.9 Å². The Bertz CT molecular complexity index is 662. The zero-order valence-electron chi connectivity index (χ0n) is 12.5. The third-order valence-corrected chi connectivity index (χ3v) is 4.54. The molecule has 3 nitrogen and oxygen atoms in total. The number of nitrogens with zero attached hydrogens (tertiary/aromatic N) is 1. The molecule has 0 unspecified atom stereocenters. The highest BCUT2D eigenvalue weighted by atomic mass is 19.1. The highest BCUT2D eigenvalue weighted by molar-refractivity contribution is 6.61. The second kappa shape index (κ2) is 4.09. The van der Waals surface area contributed by atoms with Gasteiger partial charge in [0.05, 0.1) is 11.2 Å². The highest BCUT2D eigenvalue weighted by Crippen LogP contribution is 2.36. The van der Waals surface area contributed by atoms with Crippen LogP contribution in [0.5, 0.6) is 0 Å². The van der Waals surface area contributed by atoms with Crippen LogP contribution in [0.2, 0.25) is 0 Å². The molecule has 2 heterocycles. The van der Waals surface area contributed by atoms with Crippen molar-refractivity contribution in [2.75, 3.05) is 0 Å². The molecule has 1 aliphatic heterocycles. The molecule has 2 aromatic rings. The summed E-state index contributed by atoms with van der Waals surface area (Å²) >= 11 is 0. The lowest BCUT2D eigenvalue weighted by Crippen LogP contribution is -2.41. The van der Waals surface area contributed by atoms with Crippen molar-refractivity contribution in [2.45, 2.75) is 38.9 Å². The summed E-state index contributed by atoms with van der Waals surface area (Å²) in [6.45, 7) is 8.09. The maximum atomic E-state index is 13.3. The summed E-state index contributed by atoms with van der Waals surface area (Å²) in [4.78, 5) is 0. The molecule has 1 aromatic heterocycles. The van der Waals surface area contributed by atoms with E-state index in [4.69, 9.17) is 9.31 Å². The van der Waals surface area contributed by atoms with Crippen LogP contribution in [0.4, 0.5) is 4.39 Å². The fraction of sp³-hybridized carbons (Fsp3) is 0.467. The smallest absolute Gasteiger partial charge is 0.398 e. The largest absolute Gasteiger partial charge is 0.512 e. The average Bonchev–Trinajstić information content (AvgIpc) is 2.74. The first-order chi connectivity index (χ1) is 9.21. The minimum Gasteiger partial charge on any atom is -0.398 e. The second-order valence-electron chi connectivity index (χ2n) is 6.42. The molecule has 3 rings (SSSR count). The normalized spacial score (nSPS) is 20.8. The van der Waals surface area contributed by atoms with Crippen LogP contribution < -0.4 is 5.59 Å². The van der Waals surface area contributed by atoms with Gasteiger partial charge in [-0.1, -0.05) is 0 Å². The number of hydrogen-bond donors (Lipinski definition) is 0. The Morgan fingerprint density at radius 3 is 2.25 bits per heavy atom. The van der Waals surface area contributed by atoms with Crippen LogP contribution in [-0.2, 0) is 16.4 Å². The van der Waals surface area contributed by atoms with Crippen LogP contribution in [0.1, 0.15) is 27.7 Å². The van der Waals surface area contributed by atoms with E-state index in [1.165, 1.54) is 12.1 Å². The minimum atomic E-state index is -0.430. The van der Waals surface area contributed by atoms with Gasteiger partial charge in [0, 0.05) is 23.5 Å². The van der Waals surface area contributed by atoms with E-state index in [1.807, 2.05) is 45.4 Å². The van der Waals surface area contributed by atoms with Gasteiger partial charge in [-0.25, -0.2) is 4.39 Å². The topological polar surface area (TPSA) is 23.4 Å². The summed E-state index contributed by atoms with van der Waals surface area (Å²) < 4.78 is 27.4. The van der Waals surface area contributed by atoms with Gasteiger partial charge in [-0.3, -0.25) is 0 Å². The fourth-order valence-corrected chi connectivity index (χ4v) is 2.53. The number of aryl methyl sites for hydroxylation is 1. The first kappa shape index (κ1) is 13.6. The second-order valence-corrected chi connectivity index (χ2v) is 6.42. The summed E-state index contributed by atoms with van der Waals surface area (Å²) in [5, 5.41) is 0.859. The predicted octanol–water partition coefficient (Wildman–Crippen LogP) is 2.62. The maximum absolute atomic E-state index is 13.3. The van der Waals surface area contributed by atoms with Crippen LogP contribution in [0.25, 0.3) is 10.9 Å². The van der Waals surface area contributed by atoms with Crippen molar-refractivity contribution in [3.8, 4) is 0 Å². The number of fused-ring (bicyclic) bond motifs is 1. The van der Waals surface area contributed by atoms with Gasteiger partial charge in [0.15, 0.2) is 0 Å². The van der Waals surface area contributed by atoms with Crippen molar-refractivity contribution < 1.29 is 13.7 Å². The number of rotatable bonds is 1. The fourth-order valence-electron chi connectivity index (χ4n) is 2.53. The van der Waals surface area contributed by atoms with Crippen LogP contribution >= 0.6 is 0 Å². The molecule has 0 spiro atoms. The lowest BCUT2D eigenvalue weighted by molar-refractivity contribution is 0.00578. The van der Waals surface area contributed by atoms with Gasteiger partial charge >= 0.3 is 7.12 Å². The van der Waals surface area contributed by atoms with Crippen molar-refractivity contribution in [3.05, 3.63) is 30.1 Å². The third kappa shape index (κ3) is 1.88. The monoisotopic (exact) mass is 275 g/mol. The molecule has 106 valence electrons. The molecule has 1 aliphatic rings. The minimum absolute atomic E-state index is 0.233. The van der Waals surface area contributed by atoms with Crippen LogP contribution in [-0.4, -0.2) is 22.9 Å². The Balaban J connectivity index is 2.06. The average molecular weight is 275 g/mol. The molecule has 0 aliphatic carbocycles. The summed E-state index contributed by atoms with van der Waals surface area (Å²) in [5.74, 6) is -0.233. The molecular formula is C15H19BFNO2. The van der Waals surface area contributed by atoms with Crippen LogP contribution in [0.3, 0.4) is 0 Å². The molecule has 1 saturated heterocycles. The molecule has 1 aromatic carbocycles. The number of benzene rings is 1. The Morgan fingerprint density at radius 1 is 1.05 bits per heavy atom. The van der Waals surface area contributed by atoms with E-state index in [0.29, 0.717) is 0 Å². The quantitative estimate of drug-likeness (QED) is 0.747. The standard InChI is InChI=1S/C15H19BFNO2/c1-14(2)15(3,4)20-16(19-14)13-9-10-8-11(17)6-7-12(10)18(13)5/h6-9H,1-5H3. The molecule has 20 heavy (non-hydrogen) atoms. The van der Waals surface area contributed by atoms with E-state index in [9.17, 15) is 4.39 Å². The van der Waals surface area contributed by atoms with Gasteiger partial charge in [-0.2, -0.15) is 0 Å². The molecule has 0 atom stereocenters. The first-order valence-corrected chi connectivity index (χ1v) is 6.82. The molecule has 1 fully saturated rings. The molecule has 0 N–H and O–H groups in total.